The van der Waals surface area contributed by atoms with Crippen LogP contribution < -0.4 is 16.5 Å². The summed E-state index contributed by atoms with van der Waals surface area (Å²) in [4.78, 5) is 31.9. The molecule has 0 rings (SSSR count). The molecule has 0 heterocycles. The van der Waals surface area contributed by atoms with E-state index in [9.17, 15) is 14.2 Å². The molecule has 5 N–H and O–H groups in total. The molecular weight excluding hydrogens is 273 g/mol. The van der Waals surface area contributed by atoms with Gasteiger partial charge in [-0.2, -0.15) is 4.62 Å². The third-order valence-corrected chi connectivity index (χ3v) is 2.56. The van der Waals surface area contributed by atoms with Crippen molar-refractivity contribution in [3.63, 3.8) is 0 Å². The molecular formula is C10H22N3O5P. The van der Waals surface area contributed by atoms with Gasteiger partial charge < -0.3 is 15.9 Å². The lowest BCUT2D eigenvalue weighted by molar-refractivity contribution is -0.133. The molecule has 0 bridgehead atoms. The van der Waals surface area contributed by atoms with Gasteiger partial charge in [0.25, 0.3) is 5.91 Å². The molecule has 0 aliphatic rings. The first-order valence-electron chi connectivity index (χ1n) is 5.87. The average Bonchev–Trinajstić information content (AvgIpc) is 2.23. The Morgan fingerprint density at radius 1 is 1.32 bits per heavy atom. The van der Waals surface area contributed by atoms with Crippen LogP contribution in [-0.2, 0) is 18.8 Å². The minimum atomic E-state index is -3.80. The van der Waals surface area contributed by atoms with Crippen molar-refractivity contribution >= 4 is 19.4 Å². The van der Waals surface area contributed by atoms with Crippen molar-refractivity contribution < 1.29 is 23.7 Å². The largest absolute Gasteiger partial charge is 0.346 e. The van der Waals surface area contributed by atoms with E-state index >= 15 is 0 Å². The predicted octanol–water partition coefficient (Wildman–Crippen LogP) is -0.272. The van der Waals surface area contributed by atoms with Crippen LogP contribution in [0, 0.1) is 5.92 Å². The second-order valence-electron chi connectivity index (χ2n) is 4.83. The van der Waals surface area contributed by atoms with E-state index in [1.54, 1.807) is 5.48 Å². The zero-order valence-electron chi connectivity index (χ0n) is 11.5. The first-order valence-corrected chi connectivity index (χ1v) is 7.90. The molecule has 0 spiro atoms. The molecule has 0 radical (unpaired) electrons. The summed E-state index contributed by atoms with van der Waals surface area (Å²) in [5.41, 5.74) is 7.45. The summed E-state index contributed by atoms with van der Waals surface area (Å²) in [6, 6.07) is -1.62. The fourth-order valence-electron chi connectivity index (χ4n) is 1.22. The van der Waals surface area contributed by atoms with E-state index in [-0.39, 0.29) is 5.92 Å². The van der Waals surface area contributed by atoms with Gasteiger partial charge in [-0.05, 0) is 19.3 Å². The highest BCUT2D eigenvalue weighted by Crippen LogP contribution is 2.34. The van der Waals surface area contributed by atoms with E-state index in [0.717, 1.165) is 6.66 Å². The Labute approximate surface area is 112 Å². The number of hydroxylamine groups is 1. The monoisotopic (exact) mass is 295 g/mol. The highest BCUT2D eigenvalue weighted by molar-refractivity contribution is 7.51. The predicted molar refractivity (Wildman–Crippen MR) is 70.0 cm³/mol. The quantitative estimate of drug-likeness (QED) is 0.377. The number of hydrogen-bond acceptors (Lipinski definition) is 5. The number of rotatable bonds is 7. The van der Waals surface area contributed by atoms with Crippen molar-refractivity contribution in [3.05, 3.63) is 0 Å². The first kappa shape index (κ1) is 18.0. The number of hydrogen-bond donors (Lipinski definition) is 4. The molecule has 9 heteroatoms. The highest BCUT2D eigenvalue weighted by atomic mass is 31.2. The second-order valence-corrected chi connectivity index (χ2v) is 6.62. The van der Waals surface area contributed by atoms with Gasteiger partial charge in [-0.15, -0.1) is 0 Å². The molecule has 112 valence electrons. The third-order valence-electron chi connectivity index (χ3n) is 2.13. The van der Waals surface area contributed by atoms with Crippen LogP contribution in [0.3, 0.4) is 0 Å². The number of carbonyl (C=O) groups is 2. The summed E-state index contributed by atoms with van der Waals surface area (Å²) in [7, 11) is -3.80. The molecule has 0 aliphatic carbocycles. The summed E-state index contributed by atoms with van der Waals surface area (Å²) in [6.07, 6.45) is 0.497. The molecule has 0 aromatic rings. The Morgan fingerprint density at radius 2 is 1.84 bits per heavy atom. The Bertz CT molecular complexity index is 368. The highest BCUT2D eigenvalue weighted by Gasteiger charge is 2.22. The zero-order chi connectivity index (χ0) is 15.2. The molecule has 0 fully saturated rings. The molecule has 0 aliphatic heterocycles. The normalized spacial score (nSPS) is 17.4. The number of nitrogens with one attached hydrogen (secondary N) is 2. The smallest absolute Gasteiger partial charge is 0.343 e. The summed E-state index contributed by atoms with van der Waals surface area (Å²) < 4.78 is 15.1. The lowest BCUT2D eigenvalue weighted by atomic mass is 10.0. The van der Waals surface area contributed by atoms with E-state index in [4.69, 9.17) is 10.6 Å². The van der Waals surface area contributed by atoms with E-state index < -0.39 is 31.5 Å². The third kappa shape index (κ3) is 8.72. The molecule has 2 amide bonds. The molecule has 0 aromatic heterocycles. The van der Waals surface area contributed by atoms with Crippen LogP contribution in [0.4, 0.5) is 0 Å². The maximum absolute atomic E-state index is 11.6. The van der Waals surface area contributed by atoms with E-state index in [2.05, 4.69) is 9.94 Å². The fraction of sp³-hybridized carbons (Fsp3) is 0.800. The molecule has 8 nitrogen and oxygen atoms in total. The van der Waals surface area contributed by atoms with Gasteiger partial charge in [0.2, 0.25) is 5.91 Å². The van der Waals surface area contributed by atoms with Gasteiger partial charge in [-0.25, -0.2) is 5.48 Å². The standard InChI is InChI=1S/C10H22N3O5P/c1-6(2)5-8(11)10(15)12-7(3)9(14)13-18-19(4,16)17/h6-8H,5,11H2,1-4H3,(H,12,15)(H,13,14)(H,16,17)/t7-,8-/m0/s1. The first-order chi connectivity index (χ1) is 8.53. The van der Waals surface area contributed by atoms with Crippen LogP contribution in [0.25, 0.3) is 0 Å². The molecule has 0 aromatic carbocycles. The summed E-state index contributed by atoms with van der Waals surface area (Å²) in [6.45, 7) is 6.19. The van der Waals surface area contributed by atoms with Crippen molar-refractivity contribution in [1.82, 2.24) is 10.8 Å². The Hall–Kier alpha value is -0.950. The SMILES string of the molecule is CC(C)C[C@H](N)C(=O)N[C@@H](C)C(=O)NOP(C)(=O)O. The number of amides is 2. The van der Waals surface area contributed by atoms with Crippen molar-refractivity contribution in [3.8, 4) is 0 Å². The van der Waals surface area contributed by atoms with Crippen LogP contribution >= 0.6 is 7.60 Å². The zero-order valence-corrected chi connectivity index (χ0v) is 12.4. The van der Waals surface area contributed by atoms with Gasteiger partial charge in [0.05, 0.1) is 6.04 Å². The Balaban J connectivity index is 4.22. The van der Waals surface area contributed by atoms with Crippen LogP contribution in [0.2, 0.25) is 0 Å². The minimum absolute atomic E-state index is 0.258. The van der Waals surface area contributed by atoms with Gasteiger partial charge >= 0.3 is 7.60 Å². The van der Waals surface area contributed by atoms with E-state index in [1.165, 1.54) is 6.92 Å². The van der Waals surface area contributed by atoms with Gasteiger partial charge in [0.15, 0.2) is 0 Å². The fourth-order valence-corrected chi connectivity index (χ4v) is 1.48. The Morgan fingerprint density at radius 3 is 2.26 bits per heavy atom. The molecule has 0 saturated heterocycles. The van der Waals surface area contributed by atoms with Crippen molar-refractivity contribution in [1.29, 1.82) is 0 Å². The lowest BCUT2D eigenvalue weighted by Crippen LogP contribution is -2.50. The van der Waals surface area contributed by atoms with Crippen molar-refractivity contribution in [2.24, 2.45) is 11.7 Å². The lowest BCUT2D eigenvalue weighted by Gasteiger charge is -2.18. The molecule has 1 unspecified atom stereocenters. The summed E-state index contributed by atoms with van der Waals surface area (Å²) in [5.74, 6) is -0.935. The summed E-state index contributed by atoms with van der Waals surface area (Å²) in [5, 5.41) is 2.39. The van der Waals surface area contributed by atoms with E-state index in [1.807, 2.05) is 13.8 Å². The second kappa shape index (κ2) is 7.59. The van der Waals surface area contributed by atoms with Gasteiger partial charge in [0.1, 0.15) is 6.04 Å². The van der Waals surface area contributed by atoms with Crippen LogP contribution in [0.5, 0.6) is 0 Å². The Kier molecular flexibility index (Phi) is 7.21. The van der Waals surface area contributed by atoms with Gasteiger partial charge in [-0.1, -0.05) is 13.8 Å². The van der Waals surface area contributed by atoms with Crippen LogP contribution in [0.15, 0.2) is 0 Å². The molecule has 19 heavy (non-hydrogen) atoms. The average molecular weight is 295 g/mol. The number of nitrogens with two attached hydrogens (primary N) is 1. The van der Waals surface area contributed by atoms with Crippen LogP contribution in [0.1, 0.15) is 27.2 Å². The summed E-state index contributed by atoms with van der Waals surface area (Å²) >= 11 is 0. The van der Waals surface area contributed by atoms with Crippen molar-refractivity contribution in [2.75, 3.05) is 6.66 Å². The van der Waals surface area contributed by atoms with Crippen molar-refractivity contribution in [2.45, 2.75) is 39.3 Å². The maximum Gasteiger partial charge on any atom is 0.346 e. The number of carbonyl (C=O) groups excluding carboxylic acids is 2. The minimum Gasteiger partial charge on any atom is -0.343 e. The van der Waals surface area contributed by atoms with Gasteiger partial charge in [-0.3, -0.25) is 14.2 Å². The van der Waals surface area contributed by atoms with E-state index in [0.29, 0.717) is 6.42 Å². The maximum atomic E-state index is 11.6. The van der Waals surface area contributed by atoms with Crippen LogP contribution in [-0.4, -0.2) is 35.5 Å². The molecule has 0 saturated carbocycles. The molecule has 3 atom stereocenters. The van der Waals surface area contributed by atoms with Gasteiger partial charge in [0, 0.05) is 6.66 Å². The topological polar surface area (TPSA) is 131 Å².